The van der Waals surface area contributed by atoms with Gasteiger partial charge in [0.1, 0.15) is 17.4 Å². The number of hydrogen-bond acceptors (Lipinski definition) is 7. The van der Waals surface area contributed by atoms with Crippen molar-refractivity contribution in [2.75, 3.05) is 24.3 Å². The number of carbonyl (C=O) groups excluding carboxylic acids is 3. The second kappa shape index (κ2) is 12.4. The minimum Gasteiger partial charge on any atom is -0.453 e. The minimum atomic E-state index is -0.616. The van der Waals surface area contributed by atoms with Crippen LogP contribution in [0.2, 0.25) is 0 Å². The number of amidine groups is 1. The Morgan fingerprint density at radius 1 is 1.22 bits per heavy atom. The van der Waals surface area contributed by atoms with Gasteiger partial charge in [0, 0.05) is 29.3 Å². The van der Waals surface area contributed by atoms with Gasteiger partial charge in [0.2, 0.25) is 11.8 Å². The monoisotopic (exact) mass is 530 g/mol. The molecule has 11 heteroatoms. The maximum atomic E-state index is 13.2. The van der Waals surface area contributed by atoms with E-state index in [1.54, 1.807) is 18.2 Å². The summed E-state index contributed by atoms with van der Waals surface area (Å²) in [5.41, 5.74) is 6.88. The summed E-state index contributed by atoms with van der Waals surface area (Å²) in [5.74, 6) is 0.916. The number of amides is 3. The number of halogens is 1. The van der Waals surface area contributed by atoms with E-state index in [1.807, 2.05) is 12.2 Å². The second-order valence-corrected chi connectivity index (χ2v) is 10.2. The molecule has 200 valence electrons. The maximum Gasteiger partial charge on any atom is 0.411 e. The van der Waals surface area contributed by atoms with Crippen LogP contribution in [0.5, 0.6) is 0 Å². The molecule has 1 aromatic carbocycles. The summed E-state index contributed by atoms with van der Waals surface area (Å²) in [7, 11) is 1.28. The van der Waals surface area contributed by atoms with Crippen LogP contribution < -0.4 is 27.0 Å². The highest BCUT2D eigenvalue weighted by Crippen LogP contribution is 2.36. The first-order valence-corrected chi connectivity index (χ1v) is 13.2. The van der Waals surface area contributed by atoms with Gasteiger partial charge in [0.25, 0.3) is 0 Å². The number of ether oxygens (including phenoxy) is 1. The standard InChI is InChI=1S/C26H35ClN6O4/c1-37-26(36)29-17-11-12-18-20(13-17)30-21(34)6-4-2-3-5-19(24-32-22(18)23(27)33-24)31-25(35)16-9-7-15(14-28)8-10-16/h2-3,11-13,15-16,19,22-23H,4-10,14,28H2,1H3,(H,29,36)(H,30,34)(H,31,35)(H,32,33)/b3-2+/t15-,16-,19-,22?,23?/m0/s1. The molecule has 3 amide bonds. The number of fused-ring (bicyclic) bond motifs is 3. The highest BCUT2D eigenvalue weighted by Gasteiger charge is 2.35. The highest BCUT2D eigenvalue weighted by molar-refractivity contribution is 6.23. The molecule has 2 heterocycles. The summed E-state index contributed by atoms with van der Waals surface area (Å²) in [6, 6.07) is 4.26. The van der Waals surface area contributed by atoms with Crippen LogP contribution in [0.3, 0.4) is 0 Å². The number of benzene rings is 1. The molecule has 3 aliphatic rings. The number of alkyl halides is 1. The Hall–Kier alpha value is -3.11. The maximum absolute atomic E-state index is 13.2. The average Bonchev–Trinajstić information content (AvgIpc) is 3.28. The number of nitrogens with zero attached hydrogens (tertiary/aromatic N) is 1. The van der Waals surface area contributed by atoms with E-state index in [4.69, 9.17) is 22.3 Å². The van der Waals surface area contributed by atoms with E-state index in [2.05, 4.69) is 26.0 Å². The van der Waals surface area contributed by atoms with Crippen LogP contribution in [-0.4, -0.2) is 48.9 Å². The summed E-state index contributed by atoms with van der Waals surface area (Å²) in [6.07, 6.45) is 8.25. The Morgan fingerprint density at radius 3 is 2.73 bits per heavy atom. The molecule has 1 saturated carbocycles. The molecule has 6 N–H and O–H groups in total. The molecule has 3 atom stereocenters. The van der Waals surface area contributed by atoms with E-state index in [0.29, 0.717) is 48.1 Å². The van der Waals surface area contributed by atoms with Crippen molar-refractivity contribution in [1.82, 2.24) is 10.6 Å². The number of hydrogen-bond donors (Lipinski definition) is 5. The van der Waals surface area contributed by atoms with Gasteiger partial charge < -0.3 is 26.4 Å². The first-order valence-electron chi connectivity index (χ1n) is 12.8. The van der Waals surface area contributed by atoms with Crippen LogP contribution in [0.15, 0.2) is 35.3 Å². The van der Waals surface area contributed by atoms with E-state index < -0.39 is 17.6 Å². The largest absolute Gasteiger partial charge is 0.453 e. The van der Waals surface area contributed by atoms with E-state index >= 15 is 0 Å². The second-order valence-electron chi connectivity index (χ2n) is 9.73. The number of carbonyl (C=O) groups is 3. The third kappa shape index (κ3) is 6.81. The van der Waals surface area contributed by atoms with Gasteiger partial charge in [0.05, 0.1) is 13.2 Å². The van der Waals surface area contributed by atoms with Crippen LogP contribution in [-0.2, 0) is 14.3 Å². The van der Waals surface area contributed by atoms with Crippen LogP contribution >= 0.6 is 11.6 Å². The quantitative estimate of drug-likeness (QED) is 0.229. The number of nitrogens with two attached hydrogens (primary N) is 1. The Bertz CT molecular complexity index is 1070. The lowest BCUT2D eigenvalue weighted by Crippen LogP contribution is -2.48. The Kier molecular flexibility index (Phi) is 9.04. The van der Waals surface area contributed by atoms with Gasteiger partial charge >= 0.3 is 6.09 Å². The average molecular weight is 531 g/mol. The van der Waals surface area contributed by atoms with Crippen molar-refractivity contribution in [2.45, 2.75) is 62.5 Å². The zero-order valence-electron chi connectivity index (χ0n) is 21.0. The fraction of sp³-hybridized carbons (Fsp3) is 0.538. The summed E-state index contributed by atoms with van der Waals surface area (Å²) in [6.45, 7) is 0.667. The lowest BCUT2D eigenvalue weighted by Gasteiger charge is -2.28. The van der Waals surface area contributed by atoms with Crippen LogP contribution in [0.4, 0.5) is 16.2 Å². The normalized spacial score (nSPS) is 28.6. The Morgan fingerprint density at radius 2 is 2.00 bits per heavy atom. The van der Waals surface area contributed by atoms with E-state index in [-0.39, 0.29) is 30.2 Å². The van der Waals surface area contributed by atoms with Crippen molar-refractivity contribution in [3.8, 4) is 0 Å². The molecule has 2 unspecified atom stereocenters. The molecule has 0 saturated heterocycles. The topological polar surface area (TPSA) is 147 Å². The lowest BCUT2D eigenvalue weighted by molar-refractivity contribution is -0.126. The van der Waals surface area contributed by atoms with Gasteiger partial charge in [-0.05, 0) is 63.1 Å². The smallest absolute Gasteiger partial charge is 0.411 e. The van der Waals surface area contributed by atoms with Gasteiger partial charge in [-0.1, -0.05) is 29.8 Å². The van der Waals surface area contributed by atoms with Crippen LogP contribution in [0, 0.1) is 11.8 Å². The third-order valence-corrected chi connectivity index (χ3v) is 7.54. The number of aliphatic imine (C=N–C) groups is 1. The molecule has 0 radical (unpaired) electrons. The predicted octanol–water partition coefficient (Wildman–Crippen LogP) is 3.40. The number of allylic oxidation sites excluding steroid dienone is 1. The first-order chi connectivity index (χ1) is 17.9. The predicted molar refractivity (Wildman–Crippen MR) is 143 cm³/mol. The summed E-state index contributed by atoms with van der Waals surface area (Å²) < 4.78 is 4.67. The molecule has 1 fully saturated rings. The molecule has 0 aromatic heterocycles. The van der Waals surface area contributed by atoms with Gasteiger partial charge in [-0.25, -0.2) is 4.79 Å². The Labute approximate surface area is 221 Å². The fourth-order valence-corrected chi connectivity index (χ4v) is 5.33. The Balaban J connectivity index is 1.59. The van der Waals surface area contributed by atoms with Crippen molar-refractivity contribution in [3.05, 3.63) is 35.9 Å². The molecular formula is C26H35ClN6O4. The van der Waals surface area contributed by atoms with Crippen molar-refractivity contribution in [2.24, 2.45) is 22.6 Å². The van der Waals surface area contributed by atoms with Crippen molar-refractivity contribution >= 4 is 46.7 Å². The molecule has 2 aliphatic heterocycles. The molecule has 1 aromatic rings. The molecule has 4 rings (SSSR count). The molecule has 37 heavy (non-hydrogen) atoms. The SMILES string of the molecule is COC(=O)Nc1ccc2c(c1)NC(=O)CC/C=C/C[C@H](NC(=O)[C@H]1CC[C@H](CN)CC1)C1=NC2C(Cl)N1. The van der Waals surface area contributed by atoms with Gasteiger partial charge in [-0.2, -0.15) is 0 Å². The van der Waals surface area contributed by atoms with Crippen LogP contribution in [0.1, 0.15) is 56.6 Å². The van der Waals surface area contributed by atoms with Crippen molar-refractivity contribution < 1.29 is 19.1 Å². The van der Waals surface area contributed by atoms with Gasteiger partial charge in [0.15, 0.2) is 0 Å². The highest BCUT2D eigenvalue weighted by atomic mass is 35.5. The summed E-state index contributed by atoms with van der Waals surface area (Å²) in [4.78, 5) is 42.3. The minimum absolute atomic E-state index is 0.0213. The summed E-state index contributed by atoms with van der Waals surface area (Å²) in [5, 5.41) is 12.0. The van der Waals surface area contributed by atoms with E-state index in [1.165, 1.54) is 7.11 Å². The molecule has 10 nitrogen and oxygen atoms in total. The zero-order chi connectivity index (χ0) is 26.4. The number of methoxy groups -OCH3 is 1. The number of rotatable bonds is 4. The molecule has 1 aliphatic carbocycles. The molecular weight excluding hydrogens is 496 g/mol. The summed E-state index contributed by atoms with van der Waals surface area (Å²) >= 11 is 6.70. The van der Waals surface area contributed by atoms with Gasteiger partial charge in [-0.3, -0.25) is 19.9 Å². The first kappa shape index (κ1) is 26.9. The van der Waals surface area contributed by atoms with Crippen molar-refractivity contribution in [3.63, 3.8) is 0 Å². The molecule has 0 spiro atoms. The third-order valence-electron chi connectivity index (χ3n) is 7.19. The fourth-order valence-electron chi connectivity index (χ4n) is 5.03. The van der Waals surface area contributed by atoms with E-state index in [0.717, 1.165) is 25.7 Å². The van der Waals surface area contributed by atoms with Crippen LogP contribution in [0.25, 0.3) is 0 Å². The lowest BCUT2D eigenvalue weighted by atomic mass is 9.81. The number of anilines is 2. The van der Waals surface area contributed by atoms with Gasteiger partial charge in [-0.15, -0.1) is 0 Å². The molecule has 2 bridgehead atoms. The van der Waals surface area contributed by atoms with Crippen molar-refractivity contribution in [1.29, 1.82) is 0 Å². The van der Waals surface area contributed by atoms with E-state index in [9.17, 15) is 14.4 Å². The number of nitrogens with one attached hydrogen (secondary N) is 4. The zero-order valence-corrected chi connectivity index (χ0v) is 21.7.